The molecule has 3 fully saturated rings. The van der Waals surface area contributed by atoms with Gasteiger partial charge < -0.3 is 5.73 Å². The number of hydrogen-bond acceptors (Lipinski definition) is 4. The third-order valence-corrected chi connectivity index (χ3v) is 12.3. The fourth-order valence-corrected chi connectivity index (χ4v) is 9.92. The SMILES string of the molecule is C[C@@H]1[C@H]2[C@H]3C(=O)C=C4[C@@]5(C)C=C(C#N)C(=O)C(C)(C)[C@@H]5CC[C@@]4(C)[C@]3(C)CC[C@@]2(N)CC[C@H]1C. The summed E-state index contributed by atoms with van der Waals surface area (Å²) in [7, 11) is 0. The van der Waals surface area contributed by atoms with Crippen LogP contribution in [-0.2, 0) is 9.59 Å². The van der Waals surface area contributed by atoms with E-state index in [4.69, 9.17) is 5.73 Å². The Hall–Kier alpha value is -1.73. The van der Waals surface area contributed by atoms with E-state index in [9.17, 15) is 14.9 Å². The first-order chi connectivity index (χ1) is 15.7. The van der Waals surface area contributed by atoms with Gasteiger partial charge in [-0.15, -0.1) is 0 Å². The summed E-state index contributed by atoms with van der Waals surface area (Å²) in [6, 6.07) is 2.19. The lowest BCUT2D eigenvalue weighted by Gasteiger charge is -2.69. The summed E-state index contributed by atoms with van der Waals surface area (Å²) in [5, 5.41) is 9.82. The second-order valence-corrected chi connectivity index (χ2v) is 13.9. The second kappa shape index (κ2) is 6.94. The van der Waals surface area contributed by atoms with Gasteiger partial charge in [0.1, 0.15) is 6.07 Å². The molecule has 184 valence electrons. The number of hydrogen-bond donors (Lipinski definition) is 1. The average molecular weight is 463 g/mol. The topological polar surface area (TPSA) is 84.0 Å². The number of carbonyl (C=O) groups excluding carboxylic acids is 2. The van der Waals surface area contributed by atoms with Gasteiger partial charge >= 0.3 is 0 Å². The zero-order valence-corrected chi connectivity index (χ0v) is 22.1. The molecule has 0 heterocycles. The molecular weight excluding hydrogens is 420 g/mol. The van der Waals surface area contributed by atoms with Gasteiger partial charge in [0.05, 0.1) is 5.57 Å². The van der Waals surface area contributed by atoms with Crippen molar-refractivity contribution in [3.8, 4) is 6.07 Å². The van der Waals surface area contributed by atoms with Crippen molar-refractivity contribution in [2.75, 3.05) is 0 Å². The van der Waals surface area contributed by atoms with Gasteiger partial charge in [-0.1, -0.05) is 60.1 Å². The van der Waals surface area contributed by atoms with Crippen LogP contribution in [0.15, 0.2) is 23.3 Å². The molecule has 9 atom stereocenters. The fraction of sp³-hybridized carbons (Fsp3) is 0.767. The van der Waals surface area contributed by atoms with Crippen LogP contribution in [0.1, 0.15) is 87.0 Å². The lowest BCUT2D eigenvalue weighted by molar-refractivity contribution is -0.162. The standard InChI is InChI=1S/C30H42N2O2/c1-17-8-11-30(32)13-12-29(7)24(23(30)18(17)2)20(33)14-22-27(5)15-19(16-31)25(34)26(3,4)21(27)9-10-28(22,29)6/h14-15,17-18,21,23-24H,8-13,32H2,1-7H3/t17-,18+,21+,23+,24-,27+,28-,29-,30+/m1/s1. The molecule has 5 rings (SSSR count). The first kappa shape index (κ1) is 24.0. The largest absolute Gasteiger partial charge is 0.325 e. The number of carbonyl (C=O) groups is 2. The Labute approximate surface area is 205 Å². The van der Waals surface area contributed by atoms with Crippen LogP contribution >= 0.6 is 0 Å². The molecule has 0 aromatic heterocycles. The van der Waals surface area contributed by atoms with E-state index in [1.54, 1.807) is 0 Å². The molecule has 0 aromatic rings. The van der Waals surface area contributed by atoms with Gasteiger partial charge in [-0.3, -0.25) is 9.59 Å². The number of allylic oxidation sites excluding steroid dienone is 4. The van der Waals surface area contributed by atoms with Crippen molar-refractivity contribution in [2.24, 2.45) is 57.0 Å². The van der Waals surface area contributed by atoms with Gasteiger partial charge in [0.15, 0.2) is 11.6 Å². The molecule has 0 spiro atoms. The molecule has 5 aliphatic carbocycles. The minimum Gasteiger partial charge on any atom is -0.325 e. The van der Waals surface area contributed by atoms with E-state index in [0.717, 1.165) is 44.1 Å². The lowest BCUT2D eigenvalue weighted by atomic mass is 9.35. The van der Waals surface area contributed by atoms with Crippen molar-refractivity contribution < 1.29 is 9.59 Å². The second-order valence-electron chi connectivity index (χ2n) is 13.9. The molecule has 0 unspecified atom stereocenters. The van der Waals surface area contributed by atoms with Gasteiger partial charge in [-0.25, -0.2) is 0 Å². The van der Waals surface area contributed by atoms with Gasteiger partial charge in [0.2, 0.25) is 0 Å². The summed E-state index contributed by atoms with van der Waals surface area (Å²) in [4.78, 5) is 27.3. The van der Waals surface area contributed by atoms with E-state index in [1.165, 1.54) is 0 Å². The Bertz CT molecular complexity index is 1080. The van der Waals surface area contributed by atoms with E-state index in [2.05, 4.69) is 40.7 Å². The summed E-state index contributed by atoms with van der Waals surface area (Å²) in [5.41, 5.74) is 6.86. The minimum atomic E-state index is -0.621. The molecule has 5 aliphatic rings. The first-order valence-electron chi connectivity index (χ1n) is 13.4. The van der Waals surface area contributed by atoms with Gasteiger partial charge in [-0.05, 0) is 79.1 Å². The summed E-state index contributed by atoms with van der Waals surface area (Å²) in [6.07, 6.45) is 9.89. The van der Waals surface area contributed by atoms with Crippen LogP contribution in [0, 0.1) is 62.6 Å². The molecule has 0 saturated heterocycles. The molecule has 0 bridgehead atoms. The predicted octanol–water partition coefficient (Wildman–Crippen LogP) is 5.77. The molecule has 4 nitrogen and oxygen atoms in total. The van der Waals surface area contributed by atoms with Crippen molar-refractivity contribution in [3.63, 3.8) is 0 Å². The first-order valence-corrected chi connectivity index (χ1v) is 13.4. The Balaban J connectivity index is 1.71. The zero-order valence-electron chi connectivity index (χ0n) is 22.1. The number of nitriles is 1. The third kappa shape index (κ3) is 2.63. The maximum Gasteiger partial charge on any atom is 0.178 e. The summed E-state index contributed by atoms with van der Waals surface area (Å²) >= 11 is 0. The number of nitrogens with zero attached hydrogens (tertiary/aromatic N) is 1. The van der Waals surface area contributed by atoms with Crippen molar-refractivity contribution in [3.05, 3.63) is 23.3 Å². The maximum atomic E-state index is 14.2. The Kier molecular flexibility index (Phi) is 4.89. The van der Waals surface area contributed by atoms with Crippen LogP contribution in [0.4, 0.5) is 0 Å². The van der Waals surface area contributed by atoms with Crippen molar-refractivity contribution in [1.82, 2.24) is 0 Å². The van der Waals surface area contributed by atoms with E-state index >= 15 is 0 Å². The minimum absolute atomic E-state index is 0.0523. The maximum absolute atomic E-state index is 14.2. The molecule has 4 heteroatoms. The average Bonchev–Trinajstić information content (AvgIpc) is 2.76. The monoisotopic (exact) mass is 462 g/mol. The molecule has 0 aliphatic heterocycles. The highest BCUT2D eigenvalue weighted by atomic mass is 16.1. The number of Topliss-reactive ketones (excluding diaryl/α,β-unsaturated/α-hetero) is 1. The smallest absolute Gasteiger partial charge is 0.178 e. The predicted molar refractivity (Wildman–Crippen MR) is 133 cm³/mol. The van der Waals surface area contributed by atoms with E-state index in [1.807, 2.05) is 26.0 Å². The highest BCUT2D eigenvalue weighted by Crippen LogP contribution is 2.73. The van der Waals surface area contributed by atoms with Gasteiger partial charge in [0, 0.05) is 22.3 Å². The normalized spacial score (nSPS) is 51.7. The van der Waals surface area contributed by atoms with E-state index in [0.29, 0.717) is 11.8 Å². The van der Waals surface area contributed by atoms with Crippen LogP contribution in [0.5, 0.6) is 0 Å². The highest BCUT2D eigenvalue weighted by molar-refractivity contribution is 6.04. The number of rotatable bonds is 0. The molecule has 34 heavy (non-hydrogen) atoms. The van der Waals surface area contributed by atoms with E-state index in [-0.39, 0.29) is 51.3 Å². The molecule has 0 radical (unpaired) electrons. The van der Waals surface area contributed by atoms with Crippen molar-refractivity contribution in [1.29, 1.82) is 5.26 Å². The van der Waals surface area contributed by atoms with Crippen molar-refractivity contribution >= 4 is 11.6 Å². The molecular formula is C30H42N2O2. The van der Waals surface area contributed by atoms with Crippen LogP contribution in [0.3, 0.4) is 0 Å². The summed E-state index contributed by atoms with van der Waals surface area (Å²) in [6.45, 7) is 15.6. The number of ketones is 2. The van der Waals surface area contributed by atoms with Gasteiger partial charge in [0.25, 0.3) is 0 Å². The van der Waals surface area contributed by atoms with Crippen LogP contribution < -0.4 is 5.73 Å². The Morgan fingerprint density at radius 2 is 1.68 bits per heavy atom. The zero-order chi connectivity index (χ0) is 25.1. The molecule has 2 N–H and O–H groups in total. The summed E-state index contributed by atoms with van der Waals surface area (Å²) < 4.78 is 0. The highest BCUT2D eigenvalue weighted by Gasteiger charge is 2.69. The van der Waals surface area contributed by atoms with Crippen LogP contribution in [0.25, 0.3) is 0 Å². The third-order valence-electron chi connectivity index (χ3n) is 12.3. The molecule has 0 aromatic carbocycles. The lowest BCUT2D eigenvalue weighted by Crippen LogP contribution is -2.69. The van der Waals surface area contributed by atoms with Gasteiger partial charge in [-0.2, -0.15) is 5.26 Å². The number of nitrogens with two attached hydrogens (primary N) is 1. The Morgan fingerprint density at radius 3 is 2.32 bits per heavy atom. The molecule has 3 saturated carbocycles. The van der Waals surface area contributed by atoms with Crippen LogP contribution in [-0.4, -0.2) is 17.1 Å². The van der Waals surface area contributed by atoms with Crippen LogP contribution in [0.2, 0.25) is 0 Å². The summed E-state index contributed by atoms with van der Waals surface area (Å²) in [5.74, 6) is 1.42. The fourth-order valence-electron chi connectivity index (χ4n) is 9.92. The quantitative estimate of drug-likeness (QED) is 0.495. The van der Waals surface area contributed by atoms with Crippen molar-refractivity contribution in [2.45, 2.75) is 92.5 Å². The molecule has 0 amide bonds. The number of fused-ring (bicyclic) bond motifs is 7. The van der Waals surface area contributed by atoms with E-state index < -0.39 is 10.8 Å². The Morgan fingerprint density at radius 1 is 1.00 bits per heavy atom.